The highest BCUT2D eigenvalue weighted by atomic mass is 32.1. The van der Waals surface area contributed by atoms with E-state index in [1.165, 1.54) is 20.2 Å². The molecule has 4 aromatic heterocycles. The second-order valence-electron chi connectivity index (χ2n) is 12.4. The lowest BCUT2D eigenvalue weighted by Gasteiger charge is -2.13. The summed E-state index contributed by atoms with van der Waals surface area (Å²) in [7, 11) is 0. The lowest BCUT2D eigenvalue weighted by Crippen LogP contribution is -1.97. The molecule has 5 heteroatoms. The molecule has 0 amide bonds. The highest BCUT2D eigenvalue weighted by Gasteiger charge is 2.21. The number of nitrogens with zero attached hydrogens (tertiary/aromatic N) is 3. The highest BCUT2D eigenvalue weighted by molar-refractivity contribution is 7.25. The van der Waals surface area contributed by atoms with Crippen molar-refractivity contribution in [1.29, 1.82) is 0 Å². The fraction of sp³-hybridized carbons (Fsp3) is 0. The molecule has 10 rings (SSSR count). The van der Waals surface area contributed by atoms with Crippen molar-refractivity contribution in [2.75, 3.05) is 0 Å². The molecule has 0 bridgehead atoms. The van der Waals surface area contributed by atoms with Crippen molar-refractivity contribution in [1.82, 2.24) is 15.0 Å². The maximum Gasteiger partial charge on any atom is 0.160 e. The first kappa shape index (κ1) is 28.6. The zero-order valence-corrected chi connectivity index (χ0v) is 27.6. The van der Waals surface area contributed by atoms with Crippen molar-refractivity contribution in [2.45, 2.75) is 0 Å². The summed E-state index contributed by atoms with van der Waals surface area (Å²) in [4.78, 5) is 15.0. The monoisotopic (exact) mass is 657 g/mol. The number of hydrogen-bond donors (Lipinski definition) is 0. The molecule has 0 saturated carbocycles. The Morgan fingerprint density at radius 1 is 0.440 bits per heavy atom. The van der Waals surface area contributed by atoms with Crippen molar-refractivity contribution in [2.24, 2.45) is 0 Å². The van der Waals surface area contributed by atoms with E-state index in [0.29, 0.717) is 5.82 Å². The molecule has 50 heavy (non-hydrogen) atoms. The summed E-state index contributed by atoms with van der Waals surface area (Å²) in [6.45, 7) is 0. The molecule has 0 radical (unpaired) electrons. The SMILES string of the molecule is c1ccc(-c2nc(-c3ccccc3-c3ccccn3)cc(-c3ccc(-c4ccc5sc6ccccc6c5c4)c4c3oc3ccccc34)n2)cc1. The van der Waals surface area contributed by atoms with Crippen LogP contribution in [-0.4, -0.2) is 15.0 Å². The van der Waals surface area contributed by atoms with Crippen molar-refractivity contribution >= 4 is 53.4 Å². The van der Waals surface area contributed by atoms with E-state index >= 15 is 0 Å². The van der Waals surface area contributed by atoms with Crippen LogP contribution in [0.15, 0.2) is 168 Å². The quantitative estimate of drug-likeness (QED) is 0.185. The molecule has 10 aromatic rings. The Morgan fingerprint density at radius 3 is 1.96 bits per heavy atom. The van der Waals surface area contributed by atoms with Crippen LogP contribution in [0.2, 0.25) is 0 Å². The van der Waals surface area contributed by atoms with Crippen molar-refractivity contribution < 1.29 is 4.42 Å². The van der Waals surface area contributed by atoms with Gasteiger partial charge >= 0.3 is 0 Å². The Kier molecular flexibility index (Phi) is 6.64. The maximum absolute atomic E-state index is 6.76. The summed E-state index contributed by atoms with van der Waals surface area (Å²) in [6, 6.07) is 54.6. The molecular weight excluding hydrogens is 631 g/mol. The Labute approximate surface area is 292 Å². The lowest BCUT2D eigenvalue weighted by molar-refractivity contribution is 0.670. The normalized spacial score (nSPS) is 11.6. The molecule has 4 heterocycles. The molecule has 0 N–H and O–H groups in total. The van der Waals surface area contributed by atoms with Gasteiger partial charge in [0.15, 0.2) is 5.82 Å². The number of aromatic nitrogens is 3. The molecule has 0 aliphatic rings. The zero-order chi connectivity index (χ0) is 33.0. The van der Waals surface area contributed by atoms with Gasteiger partial charge < -0.3 is 4.42 Å². The fourth-order valence-electron chi connectivity index (χ4n) is 7.06. The third kappa shape index (κ3) is 4.71. The molecule has 0 aliphatic carbocycles. The summed E-state index contributed by atoms with van der Waals surface area (Å²) >= 11 is 1.83. The first-order valence-corrected chi connectivity index (χ1v) is 17.4. The van der Waals surface area contributed by atoms with Gasteiger partial charge in [-0.05, 0) is 59.7 Å². The topological polar surface area (TPSA) is 51.8 Å². The van der Waals surface area contributed by atoms with Crippen LogP contribution in [0.5, 0.6) is 0 Å². The van der Waals surface area contributed by atoms with Crippen LogP contribution in [0.3, 0.4) is 0 Å². The molecule has 0 unspecified atom stereocenters. The number of rotatable bonds is 5. The Morgan fingerprint density at radius 2 is 1.12 bits per heavy atom. The average Bonchev–Trinajstić information content (AvgIpc) is 3.77. The van der Waals surface area contributed by atoms with Crippen LogP contribution < -0.4 is 0 Å². The van der Waals surface area contributed by atoms with E-state index in [4.69, 9.17) is 14.4 Å². The first-order valence-electron chi connectivity index (χ1n) is 16.6. The van der Waals surface area contributed by atoms with Gasteiger partial charge in [0, 0.05) is 59.4 Å². The second kappa shape index (κ2) is 11.6. The summed E-state index contributed by atoms with van der Waals surface area (Å²) in [5.74, 6) is 0.650. The second-order valence-corrected chi connectivity index (χ2v) is 13.4. The minimum absolute atomic E-state index is 0.650. The third-order valence-electron chi connectivity index (χ3n) is 9.39. The van der Waals surface area contributed by atoms with Gasteiger partial charge in [0.2, 0.25) is 0 Å². The van der Waals surface area contributed by atoms with E-state index in [0.717, 1.165) is 72.4 Å². The summed E-state index contributed by atoms with van der Waals surface area (Å²) < 4.78 is 9.34. The van der Waals surface area contributed by atoms with Gasteiger partial charge in [-0.15, -0.1) is 11.3 Å². The van der Waals surface area contributed by atoms with Gasteiger partial charge in [-0.1, -0.05) is 109 Å². The Hall–Kier alpha value is -6.43. The third-order valence-corrected chi connectivity index (χ3v) is 10.5. The number of pyridine rings is 1. The highest BCUT2D eigenvalue weighted by Crippen LogP contribution is 2.44. The van der Waals surface area contributed by atoms with Crippen LogP contribution in [-0.2, 0) is 0 Å². The minimum atomic E-state index is 0.650. The van der Waals surface area contributed by atoms with E-state index in [1.807, 2.05) is 78.2 Å². The average molecular weight is 658 g/mol. The van der Waals surface area contributed by atoms with Gasteiger partial charge in [0.1, 0.15) is 11.2 Å². The fourth-order valence-corrected chi connectivity index (χ4v) is 8.14. The van der Waals surface area contributed by atoms with E-state index in [9.17, 15) is 0 Å². The predicted octanol–water partition coefficient (Wildman–Crippen LogP) is 12.5. The van der Waals surface area contributed by atoms with Gasteiger partial charge in [0.25, 0.3) is 0 Å². The molecule has 6 aromatic carbocycles. The van der Waals surface area contributed by atoms with Gasteiger partial charge in [0.05, 0.1) is 17.1 Å². The zero-order valence-electron chi connectivity index (χ0n) is 26.7. The number of thiophene rings is 1. The largest absolute Gasteiger partial charge is 0.455 e. The number of fused-ring (bicyclic) bond motifs is 6. The van der Waals surface area contributed by atoms with Gasteiger partial charge in [-0.2, -0.15) is 0 Å². The van der Waals surface area contributed by atoms with Crippen molar-refractivity contribution in [3.05, 3.63) is 164 Å². The predicted molar refractivity (Wildman–Crippen MR) is 207 cm³/mol. The van der Waals surface area contributed by atoms with Crippen molar-refractivity contribution in [3.63, 3.8) is 0 Å². The Bertz CT molecular complexity index is 2870. The summed E-state index contributed by atoms with van der Waals surface area (Å²) in [6.07, 6.45) is 1.82. The van der Waals surface area contributed by atoms with E-state index < -0.39 is 0 Å². The molecule has 0 saturated heterocycles. The van der Waals surface area contributed by atoms with Crippen LogP contribution in [0.25, 0.3) is 98.4 Å². The minimum Gasteiger partial charge on any atom is -0.455 e. The van der Waals surface area contributed by atoms with Crippen LogP contribution in [0, 0.1) is 0 Å². The molecule has 4 nitrogen and oxygen atoms in total. The molecule has 0 fully saturated rings. The molecule has 0 spiro atoms. The lowest BCUT2D eigenvalue weighted by atomic mass is 9.94. The van der Waals surface area contributed by atoms with Gasteiger partial charge in [-0.3, -0.25) is 4.98 Å². The maximum atomic E-state index is 6.76. The van der Waals surface area contributed by atoms with Crippen LogP contribution >= 0.6 is 11.3 Å². The van der Waals surface area contributed by atoms with Crippen molar-refractivity contribution in [3.8, 4) is 56.3 Å². The standard InChI is InChI=1S/C45H27N3OS/c1-2-12-28(13-3-1)45-47-38(32-15-5-4-14-31(32)37-18-10-11-25-46-37)27-39(48-45)34-23-22-30(43-35-17-6-8-19-40(35)49-44(34)43)29-21-24-42-36(26-29)33-16-7-9-20-41(33)50-42/h1-27H. The molecule has 234 valence electrons. The van der Waals surface area contributed by atoms with Crippen LogP contribution in [0.4, 0.5) is 0 Å². The van der Waals surface area contributed by atoms with Gasteiger partial charge in [-0.25, -0.2) is 9.97 Å². The summed E-state index contributed by atoms with van der Waals surface area (Å²) in [5.41, 5.74) is 10.3. The molecular formula is C45H27N3OS. The first-order chi connectivity index (χ1) is 24.8. The Balaban J connectivity index is 1.23. The van der Waals surface area contributed by atoms with E-state index in [-0.39, 0.29) is 0 Å². The number of furan rings is 1. The van der Waals surface area contributed by atoms with E-state index in [2.05, 4.69) is 102 Å². The molecule has 0 aliphatic heterocycles. The number of hydrogen-bond acceptors (Lipinski definition) is 5. The summed E-state index contributed by atoms with van der Waals surface area (Å²) in [5, 5.41) is 4.71. The molecule has 0 atom stereocenters. The van der Waals surface area contributed by atoms with E-state index in [1.54, 1.807) is 0 Å². The number of para-hydroxylation sites is 1. The van der Waals surface area contributed by atoms with Crippen LogP contribution in [0.1, 0.15) is 0 Å². The smallest absolute Gasteiger partial charge is 0.160 e. The number of benzene rings is 6.